The Morgan fingerprint density at radius 2 is 1.87 bits per heavy atom. The van der Waals surface area contributed by atoms with Crippen LogP contribution in [0.5, 0.6) is 5.75 Å². The fraction of sp³-hybridized carbons (Fsp3) is 0.150. The van der Waals surface area contributed by atoms with E-state index in [1.165, 1.54) is 14.0 Å². The van der Waals surface area contributed by atoms with Gasteiger partial charge in [0.1, 0.15) is 22.2 Å². The molecule has 0 radical (unpaired) electrons. The maximum atomic E-state index is 13.7. The van der Waals surface area contributed by atoms with Crippen molar-refractivity contribution in [3.05, 3.63) is 52.0 Å². The molecule has 0 unspecified atom stereocenters. The van der Waals surface area contributed by atoms with Crippen molar-refractivity contribution in [3.63, 3.8) is 0 Å². The highest BCUT2D eigenvalue weighted by atomic mass is 79.9. The van der Waals surface area contributed by atoms with E-state index in [4.69, 9.17) is 9.47 Å². The van der Waals surface area contributed by atoms with Gasteiger partial charge in [0.2, 0.25) is 5.91 Å². The number of hydrogen-bond donors (Lipinski definition) is 2. The van der Waals surface area contributed by atoms with Gasteiger partial charge in [-0.15, -0.1) is 11.3 Å². The summed E-state index contributed by atoms with van der Waals surface area (Å²) >= 11 is 4.40. The predicted octanol–water partition coefficient (Wildman–Crippen LogP) is 4.70. The molecule has 2 aromatic carbocycles. The number of rotatable bonds is 6. The molecular formula is C20H15BrF2N2O5S. The summed E-state index contributed by atoms with van der Waals surface area (Å²) in [7, 11) is 1.22. The number of benzene rings is 2. The fourth-order valence-electron chi connectivity index (χ4n) is 2.72. The van der Waals surface area contributed by atoms with Crippen LogP contribution in [0.4, 0.5) is 19.5 Å². The molecular weight excluding hydrogens is 498 g/mol. The van der Waals surface area contributed by atoms with Gasteiger partial charge in [-0.3, -0.25) is 9.59 Å². The quantitative estimate of drug-likeness (QED) is 0.466. The lowest BCUT2D eigenvalue weighted by Gasteiger charge is -2.10. The standard InChI is InChI=1S/C20H15BrF2N2O5S/c1-9(26)24-19-16(20(28)29-2)11-4-5-12(21)17(18(11)31-19)30-8-15(27)25-14-7-10(22)3-6-13(14)23/h3-7H,8H2,1-2H3,(H,24,26)(H,25,27). The number of methoxy groups -OCH3 is 1. The van der Waals surface area contributed by atoms with Crippen LogP contribution in [0.15, 0.2) is 34.8 Å². The number of amides is 2. The molecule has 1 aromatic heterocycles. The minimum absolute atomic E-state index is 0.154. The van der Waals surface area contributed by atoms with Crippen LogP contribution in [0.25, 0.3) is 10.1 Å². The van der Waals surface area contributed by atoms with Crippen molar-refractivity contribution >= 4 is 65.8 Å². The van der Waals surface area contributed by atoms with Crippen LogP contribution in [0, 0.1) is 11.6 Å². The zero-order valence-corrected chi connectivity index (χ0v) is 18.6. The minimum Gasteiger partial charge on any atom is -0.481 e. The molecule has 1 heterocycles. The van der Waals surface area contributed by atoms with E-state index in [9.17, 15) is 23.2 Å². The molecule has 2 amide bonds. The molecule has 0 aliphatic carbocycles. The molecule has 31 heavy (non-hydrogen) atoms. The summed E-state index contributed by atoms with van der Waals surface area (Å²) < 4.78 is 38.4. The summed E-state index contributed by atoms with van der Waals surface area (Å²) in [6.45, 7) is 0.781. The number of halogens is 3. The predicted molar refractivity (Wildman–Crippen MR) is 116 cm³/mol. The molecule has 3 rings (SSSR count). The lowest BCUT2D eigenvalue weighted by molar-refractivity contribution is -0.118. The second-order valence-electron chi connectivity index (χ2n) is 6.19. The largest absolute Gasteiger partial charge is 0.481 e. The number of thiophene rings is 1. The van der Waals surface area contributed by atoms with Gasteiger partial charge in [-0.1, -0.05) is 6.07 Å². The third kappa shape index (κ3) is 5.00. The van der Waals surface area contributed by atoms with Crippen LogP contribution in [0.3, 0.4) is 0 Å². The molecule has 0 saturated heterocycles. The Morgan fingerprint density at radius 3 is 2.55 bits per heavy atom. The highest BCUT2D eigenvalue weighted by Gasteiger charge is 2.24. The molecule has 0 aliphatic heterocycles. The Bertz CT molecular complexity index is 1200. The molecule has 11 heteroatoms. The first-order chi connectivity index (χ1) is 14.7. The number of carbonyl (C=O) groups excluding carboxylic acids is 3. The van der Waals surface area contributed by atoms with Crippen LogP contribution >= 0.6 is 27.3 Å². The van der Waals surface area contributed by atoms with Gasteiger partial charge in [-0.05, 0) is 34.1 Å². The van der Waals surface area contributed by atoms with Crippen LogP contribution in [0.1, 0.15) is 17.3 Å². The molecule has 0 saturated carbocycles. The molecule has 2 N–H and O–H groups in total. The second kappa shape index (κ2) is 9.40. The molecule has 0 atom stereocenters. The minimum atomic E-state index is -0.793. The smallest absolute Gasteiger partial charge is 0.341 e. The first-order valence-electron chi connectivity index (χ1n) is 8.70. The zero-order valence-electron chi connectivity index (χ0n) is 16.2. The van der Waals surface area contributed by atoms with Crippen molar-refractivity contribution < 1.29 is 32.6 Å². The maximum absolute atomic E-state index is 13.7. The summed E-state index contributed by atoms with van der Waals surface area (Å²) in [6, 6.07) is 5.93. The van der Waals surface area contributed by atoms with Gasteiger partial charge in [0, 0.05) is 18.4 Å². The second-order valence-corrected chi connectivity index (χ2v) is 8.07. The van der Waals surface area contributed by atoms with E-state index < -0.39 is 30.1 Å². The first-order valence-corrected chi connectivity index (χ1v) is 10.3. The Hall–Kier alpha value is -3.05. The lowest BCUT2D eigenvalue weighted by Crippen LogP contribution is -2.21. The monoisotopic (exact) mass is 512 g/mol. The van der Waals surface area contributed by atoms with Crippen LogP contribution in [-0.4, -0.2) is 31.5 Å². The summed E-state index contributed by atoms with van der Waals surface area (Å²) in [5, 5.41) is 5.54. The zero-order chi connectivity index (χ0) is 22.7. The third-order valence-corrected chi connectivity index (χ3v) is 5.74. The van der Waals surface area contributed by atoms with Crippen molar-refractivity contribution in [2.75, 3.05) is 24.4 Å². The van der Waals surface area contributed by atoms with Gasteiger partial charge in [0.25, 0.3) is 5.91 Å². The average molecular weight is 513 g/mol. The number of hydrogen-bond acceptors (Lipinski definition) is 6. The van der Waals surface area contributed by atoms with Crippen molar-refractivity contribution in [2.45, 2.75) is 6.92 Å². The van der Waals surface area contributed by atoms with Crippen molar-refractivity contribution in [1.82, 2.24) is 0 Å². The highest BCUT2D eigenvalue weighted by molar-refractivity contribution is 9.10. The van der Waals surface area contributed by atoms with Gasteiger partial charge in [0.15, 0.2) is 12.4 Å². The summed E-state index contributed by atoms with van der Waals surface area (Å²) in [6.07, 6.45) is 0. The summed E-state index contributed by atoms with van der Waals surface area (Å²) in [5.41, 5.74) is -0.163. The van der Waals surface area contributed by atoms with Crippen LogP contribution in [0.2, 0.25) is 0 Å². The van der Waals surface area contributed by atoms with E-state index in [0.29, 0.717) is 14.6 Å². The average Bonchev–Trinajstić information content (AvgIpc) is 3.06. The molecule has 162 valence electrons. The maximum Gasteiger partial charge on any atom is 0.341 e. The summed E-state index contributed by atoms with van der Waals surface area (Å²) in [4.78, 5) is 36.0. The molecule has 7 nitrogen and oxygen atoms in total. The molecule has 3 aromatic rings. The lowest BCUT2D eigenvalue weighted by atomic mass is 10.1. The Balaban J connectivity index is 1.91. The number of esters is 1. The third-order valence-electron chi connectivity index (χ3n) is 3.99. The Labute approximate surface area is 187 Å². The van der Waals surface area contributed by atoms with Gasteiger partial charge >= 0.3 is 5.97 Å². The summed E-state index contributed by atoms with van der Waals surface area (Å²) in [5.74, 6) is -3.01. The van der Waals surface area contributed by atoms with Crippen molar-refractivity contribution in [3.8, 4) is 5.75 Å². The van der Waals surface area contributed by atoms with Gasteiger partial charge in [-0.2, -0.15) is 0 Å². The molecule has 0 fully saturated rings. The highest BCUT2D eigenvalue weighted by Crippen LogP contribution is 2.44. The van der Waals surface area contributed by atoms with Crippen molar-refractivity contribution in [1.29, 1.82) is 0 Å². The van der Waals surface area contributed by atoms with Gasteiger partial charge in [0.05, 0.1) is 22.0 Å². The Kier molecular flexibility index (Phi) is 6.86. The SMILES string of the molecule is COC(=O)c1c(NC(C)=O)sc2c(OCC(=O)Nc3cc(F)ccc3F)c(Br)ccc12. The van der Waals surface area contributed by atoms with Gasteiger partial charge < -0.3 is 20.1 Å². The van der Waals surface area contributed by atoms with Crippen LogP contribution in [-0.2, 0) is 14.3 Å². The Morgan fingerprint density at radius 1 is 1.13 bits per heavy atom. The van der Waals surface area contributed by atoms with Crippen LogP contribution < -0.4 is 15.4 Å². The van der Waals surface area contributed by atoms with E-state index in [1.54, 1.807) is 12.1 Å². The molecule has 0 spiro atoms. The number of fused-ring (bicyclic) bond motifs is 1. The van der Waals surface area contributed by atoms with Gasteiger partial charge in [-0.25, -0.2) is 13.6 Å². The first kappa shape index (κ1) is 22.6. The van der Waals surface area contributed by atoms with E-state index in [2.05, 4.69) is 26.6 Å². The van der Waals surface area contributed by atoms with E-state index >= 15 is 0 Å². The number of anilines is 2. The number of ether oxygens (including phenoxy) is 2. The van der Waals surface area contributed by atoms with E-state index in [-0.39, 0.29) is 27.9 Å². The fourth-order valence-corrected chi connectivity index (χ4v) is 4.53. The number of nitrogens with one attached hydrogen (secondary N) is 2. The van der Waals surface area contributed by atoms with E-state index in [0.717, 1.165) is 29.5 Å². The number of carbonyl (C=O) groups is 3. The van der Waals surface area contributed by atoms with Crippen molar-refractivity contribution in [2.24, 2.45) is 0 Å². The topological polar surface area (TPSA) is 93.7 Å². The normalized spacial score (nSPS) is 10.6. The molecule has 0 bridgehead atoms. The van der Waals surface area contributed by atoms with E-state index in [1.807, 2.05) is 0 Å². The molecule has 0 aliphatic rings.